The molecule has 7 rings (SSSR count). The number of ketones is 1. The first-order valence-electron chi connectivity index (χ1n) is 12.6. The molecule has 0 spiro atoms. The van der Waals surface area contributed by atoms with Crippen molar-refractivity contribution in [1.82, 2.24) is 0 Å². The van der Waals surface area contributed by atoms with Crippen LogP contribution in [0.1, 0.15) is 49.9 Å². The molecule has 1 unspecified atom stereocenters. The molecule has 0 aliphatic carbocycles. The molecule has 1 N–H and O–H groups in total. The summed E-state index contributed by atoms with van der Waals surface area (Å²) >= 11 is 0. The number of ether oxygens (including phenoxy) is 4. The van der Waals surface area contributed by atoms with Gasteiger partial charge in [-0.3, -0.25) is 9.59 Å². The Labute approximate surface area is 227 Å². The summed E-state index contributed by atoms with van der Waals surface area (Å²) in [6.45, 7) is 0.928. The molecule has 0 saturated heterocycles. The zero-order valence-electron chi connectivity index (χ0n) is 20.8. The van der Waals surface area contributed by atoms with Crippen LogP contribution in [-0.4, -0.2) is 36.0 Å². The van der Waals surface area contributed by atoms with E-state index >= 15 is 0 Å². The maximum Gasteiger partial charge on any atom is 0.335 e. The zero-order chi connectivity index (χ0) is 27.4. The summed E-state index contributed by atoms with van der Waals surface area (Å²) in [6, 6.07) is 18.4. The van der Waals surface area contributed by atoms with Gasteiger partial charge in [-0.25, -0.2) is 4.79 Å². The summed E-state index contributed by atoms with van der Waals surface area (Å²) in [7, 11) is 0. The van der Waals surface area contributed by atoms with Gasteiger partial charge in [-0.1, -0.05) is 18.2 Å². The number of carboxylic acid groups (broad SMARTS) is 1. The Bertz CT molecular complexity index is 1740. The number of carbonyl (C=O) groups is 3. The first-order chi connectivity index (χ1) is 19.4. The highest BCUT2D eigenvalue weighted by atomic mass is 16.6. The minimum atomic E-state index is -1.02. The number of furan rings is 1. The van der Waals surface area contributed by atoms with Crippen molar-refractivity contribution in [2.75, 3.05) is 13.2 Å². The first kappa shape index (κ1) is 23.8. The molecule has 1 atom stereocenters. The summed E-state index contributed by atoms with van der Waals surface area (Å²) in [5, 5.41) is 9.16. The van der Waals surface area contributed by atoms with Gasteiger partial charge in [0.25, 0.3) is 0 Å². The number of hydrogen-bond donors (Lipinski definition) is 1. The lowest BCUT2D eigenvalue weighted by Crippen LogP contribution is -2.21. The van der Waals surface area contributed by atoms with Crippen LogP contribution < -0.4 is 18.9 Å². The van der Waals surface area contributed by atoms with E-state index in [1.165, 1.54) is 12.1 Å². The van der Waals surface area contributed by atoms with Crippen molar-refractivity contribution in [3.05, 3.63) is 101 Å². The van der Waals surface area contributed by atoms with Gasteiger partial charge < -0.3 is 28.5 Å². The van der Waals surface area contributed by atoms with Gasteiger partial charge in [0.1, 0.15) is 36.2 Å². The van der Waals surface area contributed by atoms with Gasteiger partial charge in [-0.05, 0) is 60.2 Å². The third-order valence-corrected chi connectivity index (χ3v) is 7.03. The molecule has 40 heavy (non-hydrogen) atoms. The van der Waals surface area contributed by atoms with Gasteiger partial charge in [-0.15, -0.1) is 0 Å². The van der Waals surface area contributed by atoms with Crippen molar-refractivity contribution < 1.29 is 42.9 Å². The van der Waals surface area contributed by atoms with Gasteiger partial charge in [0.15, 0.2) is 17.3 Å². The molecule has 3 aliphatic rings. The number of aromatic carboxylic acids is 1. The molecule has 0 saturated carbocycles. The van der Waals surface area contributed by atoms with Crippen molar-refractivity contribution >= 4 is 23.8 Å². The number of Topliss-reactive ketones (excluding diaryl/α,β-unsaturated/α-hetero) is 1. The highest BCUT2D eigenvalue weighted by Gasteiger charge is 2.39. The number of benzene rings is 3. The molecule has 0 bridgehead atoms. The second kappa shape index (κ2) is 9.16. The molecule has 0 radical (unpaired) electrons. The van der Waals surface area contributed by atoms with Crippen LogP contribution in [0.25, 0.3) is 17.4 Å². The third kappa shape index (κ3) is 3.99. The molecule has 0 fully saturated rings. The van der Waals surface area contributed by atoms with E-state index in [1.807, 2.05) is 6.07 Å². The lowest BCUT2D eigenvalue weighted by atomic mass is 9.88. The Morgan fingerprint density at radius 3 is 2.42 bits per heavy atom. The molecule has 9 heteroatoms. The number of carboxylic acids is 1. The van der Waals surface area contributed by atoms with Gasteiger partial charge in [0.2, 0.25) is 5.78 Å². The Morgan fingerprint density at radius 1 is 0.850 bits per heavy atom. The lowest BCUT2D eigenvalue weighted by molar-refractivity contribution is -0.135. The molecule has 3 aromatic carbocycles. The second-order valence-corrected chi connectivity index (χ2v) is 9.51. The highest BCUT2D eigenvalue weighted by molar-refractivity contribution is 6.15. The van der Waals surface area contributed by atoms with E-state index in [-0.39, 0.29) is 23.5 Å². The molecule has 198 valence electrons. The number of carbonyl (C=O) groups excluding carboxylic acids is 2. The highest BCUT2D eigenvalue weighted by Crippen LogP contribution is 2.49. The van der Waals surface area contributed by atoms with Crippen molar-refractivity contribution in [3.8, 4) is 34.3 Å². The number of hydrogen-bond acceptors (Lipinski definition) is 8. The largest absolute Gasteiger partial charge is 0.486 e. The molecule has 0 amide bonds. The van der Waals surface area contributed by atoms with Gasteiger partial charge in [0.05, 0.1) is 23.5 Å². The van der Waals surface area contributed by atoms with Crippen LogP contribution in [0.3, 0.4) is 0 Å². The molecular formula is C31H20O9. The Balaban J connectivity index is 1.24. The lowest BCUT2D eigenvalue weighted by Gasteiger charge is -2.24. The number of fused-ring (bicyclic) bond motifs is 4. The molecule has 3 aliphatic heterocycles. The standard InChI is InChI=1S/C31H20O9/c32-27-15-20(22-10-9-21(38-22)17-2-4-18(5-3-17)31(34)35)28-24(39-27)8-6-19-29(33)26(40-30(19)28)14-16-1-7-23-25(13-16)37-12-11-36-23/h1-10,13-14,20H,11-12,15H2,(H,34,35). The summed E-state index contributed by atoms with van der Waals surface area (Å²) in [4.78, 5) is 37.0. The quantitative estimate of drug-likeness (QED) is 0.205. The van der Waals surface area contributed by atoms with Crippen LogP contribution in [0.2, 0.25) is 0 Å². The van der Waals surface area contributed by atoms with Crippen molar-refractivity contribution in [2.24, 2.45) is 0 Å². The molecule has 4 aromatic rings. The SMILES string of the molecule is O=C1CC(c2ccc(-c3ccc(C(=O)O)cc3)o2)c2c(ccc3c2OC(=Cc2ccc4c(c2)OCCO4)C3=O)O1. The maximum absolute atomic E-state index is 13.3. The van der Waals surface area contributed by atoms with Crippen LogP contribution in [0.4, 0.5) is 0 Å². The van der Waals surface area contributed by atoms with E-state index in [2.05, 4.69) is 0 Å². The van der Waals surface area contributed by atoms with Gasteiger partial charge in [0, 0.05) is 11.1 Å². The summed E-state index contributed by atoms with van der Waals surface area (Å²) < 4.78 is 29.0. The predicted molar refractivity (Wildman–Crippen MR) is 140 cm³/mol. The maximum atomic E-state index is 13.3. The summed E-state index contributed by atoms with van der Waals surface area (Å²) in [5.41, 5.74) is 2.47. The van der Waals surface area contributed by atoms with E-state index in [0.29, 0.717) is 70.0 Å². The zero-order valence-corrected chi connectivity index (χ0v) is 20.8. The first-order valence-corrected chi connectivity index (χ1v) is 12.6. The smallest absolute Gasteiger partial charge is 0.335 e. The van der Waals surface area contributed by atoms with Crippen LogP contribution in [-0.2, 0) is 4.79 Å². The Kier molecular flexibility index (Phi) is 5.45. The van der Waals surface area contributed by atoms with E-state index in [9.17, 15) is 14.4 Å². The fraction of sp³-hybridized carbons (Fsp3) is 0.129. The monoisotopic (exact) mass is 536 g/mol. The van der Waals surface area contributed by atoms with E-state index in [0.717, 1.165) is 0 Å². The fourth-order valence-electron chi connectivity index (χ4n) is 5.12. The third-order valence-electron chi connectivity index (χ3n) is 7.03. The van der Waals surface area contributed by atoms with E-state index in [4.69, 9.17) is 28.5 Å². The Morgan fingerprint density at radius 2 is 1.62 bits per heavy atom. The van der Waals surface area contributed by atoms with Crippen molar-refractivity contribution in [3.63, 3.8) is 0 Å². The topological polar surface area (TPSA) is 122 Å². The van der Waals surface area contributed by atoms with Crippen LogP contribution in [0.5, 0.6) is 23.0 Å². The number of rotatable bonds is 4. The van der Waals surface area contributed by atoms with Crippen LogP contribution in [0.15, 0.2) is 76.9 Å². The van der Waals surface area contributed by atoms with Crippen molar-refractivity contribution in [2.45, 2.75) is 12.3 Å². The van der Waals surface area contributed by atoms with Gasteiger partial charge >= 0.3 is 11.9 Å². The summed E-state index contributed by atoms with van der Waals surface area (Å²) in [5.74, 6) is 0.706. The molecular weight excluding hydrogens is 516 g/mol. The average molecular weight is 536 g/mol. The molecule has 9 nitrogen and oxygen atoms in total. The van der Waals surface area contributed by atoms with Crippen molar-refractivity contribution in [1.29, 1.82) is 0 Å². The molecule has 1 aromatic heterocycles. The van der Waals surface area contributed by atoms with Crippen LogP contribution >= 0.6 is 0 Å². The van der Waals surface area contributed by atoms with Gasteiger partial charge in [-0.2, -0.15) is 0 Å². The Hall–Kier alpha value is -5.31. The summed E-state index contributed by atoms with van der Waals surface area (Å²) in [6.07, 6.45) is 1.63. The number of allylic oxidation sites excluding steroid dienone is 1. The normalized spacial score (nSPS) is 18.1. The number of esters is 1. The van der Waals surface area contributed by atoms with Crippen LogP contribution in [0, 0.1) is 0 Å². The molecule has 4 heterocycles. The predicted octanol–water partition coefficient (Wildman–Crippen LogP) is 5.47. The minimum absolute atomic E-state index is 0.00683. The average Bonchev–Trinajstić information content (AvgIpc) is 3.58. The fourth-order valence-corrected chi connectivity index (χ4v) is 5.12. The second-order valence-electron chi connectivity index (χ2n) is 9.51. The van der Waals surface area contributed by atoms with E-state index < -0.39 is 17.9 Å². The minimum Gasteiger partial charge on any atom is -0.486 e. The van der Waals surface area contributed by atoms with E-state index in [1.54, 1.807) is 54.6 Å².